The maximum absolute atomic E-state index is 13.3. The largest absolute Gasteiger partial charge is 0.490 e. The van der Waals surface area contributed by atoms with E-state index in [-0.39, 0.29) is 30.8 Å². The van der Waals surface area contributed by atoms with Gasteiger partial charge in [0.2, 0.25) is 11.8 Å². The van der Waals surface area contributed by atoms with Gasteiger partial charge in [-0.25, -0.2) is 0 Å². The molecule has 6 aliphatic rings. The molecule has 0 bridgehead atoms. The lowest BCUT2D eigenvalue weighted by molar-refractivity contribution is -0.136. The Kier molecular flexibility index (Phi) is 9.65. The molecule has 5 aliphatic heterocycles. The highest BCUT2D eigenvalue weighted by molar-refractivity contribution is 6.31. The van der Waals surface area contributed by atoms with Crippen LogP contribution in [0.5, 0.6) is 5.75 Å². The topological polar surface area (TPSA) is 147 Å². The second kappa shape index (κ2) is 14.8. The van der Waals surface area contributed by atoms with Crippen molar-refractivity contribution in [2.24, 2.45) is 11.3 Å². The predicted octanol–water partition coefficient (Wildman–Crippen LogP) is 4.34. The number of fused-ring (bicyclic) bond motifs is 1. The Morgan fingerprint density at radius 2 is 1.53 bits per heavy atom. The molecule has 1 N–H and O–H groups in total. The van der Waals surface area contributed by atoms with Crippen molar-refractivity contribution < 1.29 is 28.7 Å². The Morgan fingerprint density at radius 1 is 0.825 bits per heavy atom. The minimum Gasteiger partial charge on any atom is -0.490 e. The van der Waals surface area contributed by atoms with Crippen molar-refractivity contribution in [2.45, 2.75) is 50.7 Å². The molecule has 1 atom stereocenters. The van der Waals surface area contributed by atoms with Gasteiger partial charge in [0.1, 0.15) is 24.0 Å². The summed E-state index contributed by atoms with van der Waals surface area (Å²) in [6.45, 7) is 8.07. The third-order valence-electron chi connectivity index (χ3n) is 12.7. The normalized spacial score (nSPS) is 22.6. The first-order chi connectivity index (χ1) is 27.6. The van der Waals surface area contributed by atoms with Crippen molar-refractivity contribution >= 4 is 52.5 Å². The van der Waals surface area contributed by atoms with E-state index in [9.17, 15) is 24.0 Å². The molecular weight excluding hydrogens is 746 g/mol. The van der Waals surface area contributed by atoms with E-state index in [1.54, 1.807) is 30.3 Å². The average molecular weight is 790 g/mol. The van der Waals surface area contributed by atoms with E-state index in [2.05, 4.69) is 38.2 Å². The standard InChI is InChI=1S/C43H44ClN7O6/c44-36-20-33(7-3-29(36)23-45)57-32-11-13-49(14-12-32)40(54)28-1-4-30(5-2-28)48-17-15-47(16-18-48)24-27-21-43(22-27)25-50(26-43)31-6-8-34-35(19-31)42(56)51(41(34)55)37-9-10-38(52)46-39(37)53/h1-8,19-20,27,32,37H,9-18,21-22,24-26H2,(H,46,52,53). The second-order valence-electron chi connectivity index (χ2n) is 16.5. The number of hydrogen-bond donors (Lipinski definition) is 1. The Labute approximate surface area is 336 Å². The minimum atomic E-state index is -0.961. The molecule has 14 heteroatoms. The number of amides is 5. The number of nitrogens with zero attached hydrogens (tertiary/aromatic N) is 6. The summed E-state index contributed by atoms with van der Waals surface area (Å²) in [6.07, 6.45) is 4.05. The zero-order chi connectivity index (χ0) is 39.4. The molecule has 3 aromatic carbocycles. The highest BCUT2D eigenvalue weighted by atomic mass is 35.5. The molecule has 1 aliphatic carbocycles. The first-order valence-electron chi connectivity index (χ1n) is 19.9. The second-order valence-corrected chi connectivity index (χ2v) is 16.9. The van der Waals surface area contributed by atoms with Gasteiger partial charge in [0.15, 0.2) is 0 Å². The quantitative estimate of drug-likeness (QED) is 0.327. The molecule has 3 aromatic rings. The van der Waals surface area contributed by atoms with Crippen LogP contribution in [0.1, 0.15) is 75.2 Å². The number of nitrogens with one attached hydrogen (secondary N) is 1. The molecule has 1 spiro atoms. The summed E-state index contributed by atoms with van der Waals surface area (Å²) in [5.74, 6) is -0.598. The molecule has 1 unspecified atom stereocenters. The van der Waals surface area contributed by atoms with Gasteiger partial charge in [0.25, 0.3) is 17.7 Å². The molecule has 294 valence electrons. The number of hydrogen-bond acceptors (Lipinski definition) is 10. The number of ether oxygens (including phenoxy) is 1. The molecule has 0 radical (unpaired) electrons. The summed E-state index contributed by atoms with van der Waals surface area (Å²) in [5, 5.41) is 11.7. The molecule has 0 aromatic heterocycles. The van der Waals surface area contributed by atoms with Crippen LogP contribution in [-0.4, -0.2) is 115 Å². The zero-order valence-corrected chi connectivity index (χ0v) is 32.4. The number of imide groups is 2. The molecular formula is C43H44ClN7O6. The van der Waals surface area contributed by atoms with E-state index < -0.39 is 23.8 Å². The molecule has 57 heavy (non-hydrogen) atoms. The van der Waals surface area contributed by atoms with Crippen molar-refractivity contribution in [3.63, 3.8) is 0 Å². The van der Waals surface area contributed by atoms with E-state index >= 15 is 0 Å². The average Bonchev–Trinajstić information content (AvgIpc) is 3.43. The fourth-order valence-corrected chi connectivity index (χ4v) is 9.95. The van der Waals surface area contributed by atoms with Crippen LogP contribution in [0.25, 0.3) is 0 Å². The number of halogens is 1. The van der Waals surface area contributed by atoms with Gasteiger partial charge in [0, 0.05) is 107 Å². The first-order valence-corrected chi connectivity index (χ1v) is 20.3. The Balaban J connectivity index is 0.697. The van der Waals surface area contributed by atoms with E-state index in [0.717, 1.165) is 74.9 Å². The Bertz CT molecular complexity index is 2180. The fourth-order valence-electron chi connectivity index (χ4n) is 9.73. The first kappa shape index (κ1) is 37.1. The fraction of sp³-hybridized carbons (Fsp3) is 0.442. The Morgan fingerprint density at radius 3 is 2.21 bits per heavy atom. The van der Waals surface area contributed by atoms with E-state index in [1.807, 2.05) is 23.1 Å². The lowest BCUT2D eigenvalue weighted by atomic mass is 9.57. The van der Waals surface area contributed by atoms with E-state index in [0.29, 0.717) is 57.4 Å². The van der Waals surface area contributed by atoms with Crippen molar-refractivity contribution in [3.8, 4) is 11.8 Å². The maximum atomic E-state index is 13.3. The van der Waals surface area contributed by atoms with Crippen LogP contribution in [-0.2, 0) is 9.59 Å². The SMILES string of the molecule is N#Cc1ccc(OC2CCN(C(=O)c3ccc(N4CCN(CC5CC6(C5)CN(c5ccc7c(c5)C(=O)N(C5CCC(=O)NC5=O)C7=O)C6)CC4)cc3)CC2)cc1Cl. The van der Waals surface area contributed by atoms with Gasteiger partial charge in [0.05, 0.1) is 21.7 Å². The molecule has 5 amide bonds. The molecule has 13 nitrogen and oxygen atoms in total. The molecule has 5 heterocycles. The summed E-state index contributed by atoms with van der Waals surface area (Å²) >= 11 is 6.16. The number of piperidine rings is 2. The lowest BCUT2D eigenvalue weighted by Crippen LogP contribution is -2.64. The number of carbonyl (C=O) groups excluding carboxylic acids is 5. The van der Waals surface area contributed by atoms with Crippen LogP contribution in [0.3, 0.4) is 0 Å². The zero-order valence-electron chi connectivity index (χ0n) is 31.6. The maximum Gasteiger partial charge on any atom is 0.262 e. The van der Waals surface area contributed by atoms with Crippen LogP contribution in [0.2, 0.25) is 5.02 Å². The minimum absolute atomic E-state index is 0.0118. The van der Waals surface area contributed by atoms with Gasteiger partial charge in [-0.05, 0) is 79.8 Å². The number of likely N-dealkylation sites (tertiary alicyclic amines) is 1. The van der Waals surface area contributed by atoms with Crippen LogP contribution < -0.4 is 19.9 Å². The van der Waals surface area contributed by atoms with Gasteiger partial charge in [-0.3, -0.25) is 39.1 Å². The number of carbonyl (C=O) groups is 5. The summed E-state index contributed by atoms with van der Waals surface area (Å²) in [7, 11) is 0. The van der Waals surface area contributed by atoms with Crippen molar-refractivity contribution in [2.75, 3.05) is 68.7 Å². The number of piperazine rings is 1. The third kappa shape index (κ3) is 7.10. The summed E-state index contributed by atoms with van der Waals surface area (Å²) < 4.78 is 6.09. The van der Waals surface area contributed by atoms with Crippen molar-refractivity contribution in [1.82, 2.24) is 20.0 Å². The highest BCUT2D eigenvalue weighted by Crippen LogP contribution is 2.53. The monoisotopic (exact) mass is 789 g/mol. The number of rotatable bonds is 8. The highest BCUT2D eigenvalue weighted by Gasteiger charge is 2.53. The van der Waals surface area contributed by atoms with E-state index in [1.165, 1.54) is 12.8 Å². The number of benzene rings is 3. The van der Waals surface area contributed by atoms with Gasteiger partial charge in [-0.1, -0.05) is 11.6 Å². The smallest absolute Gasteiger partial charge is 0.262 e. The summed E-state index contributed by atoms with van der Waals surface area (Å²) in [4.78, 5) is 73.9. The molecule has 9 rings (SSSR count). The van der Waals surface area contributed by atoms with Crippen molar-refractivity contribution in [3.05, 3.63) is 87.9 Å². The molecule has 4 saturated heterocycles. The third-order valence-corrected chi connectivity index (χ3v) is 13.1. The summed E-state index contributed by atoms with van der Waals surface area (Å²) in [6, 6.07) is 19.6. The molecule has 5 fully saturated rings. The number of nitriles is 1. The van der Waals surface area contributed by atoms with Crippen LogP contribution in [0, 0.1) is 22.7 Å². The van der Waals surface area contributed by atoms with Crippen LogP contribution >= 0.6 is 11.6 Å². The Hall–Kier alpha value is -5.45. The number of anilines is 2. The van der Waals surface area contributed by atoms with Crippen LogP contribution in [0.4, 0.5) is 11.4 Å². The van der Waals surface area contributed by atoms with Gasteiger partial charge in [-0.2, -0.15) is 5.26 Å². The van der Waals surface area contributed by atoms with Gasteiger partial charge < -0.3 is 19.4 Å². The predicted molar refractivity (Wildman–Crippen MR) is 211 cm³/mol. The van der Waals surface area contributed by atoms with Crippen molar-refractivity contribution in [1.29, 1.82) is 5.26 Å². The van der Waals surface area contributed by atoms with E-state index in [4.69, 9.17) is 21.6 Å². The van der Waals surface area contributed by atoms with Crippen LogP contribution in [0.15, 0.2) is 60.7 Å². The van der Waals surface area contributed by atoms with Gasteiger partial charge >= 0.3 is 0 Å². The lowest BCUT2D eigenvalue weighted by Gasteiger charge is -2.60. The van der Waals surface area contributed by atoms with Gasteiger partial charge in [-0.15, -0.1) is 0 Å². The molecule has 1 saturated carbocycles. The summed E-state index contributed by atoms with van der Waals surface area (Å²) in [5.41, 5.74) is 4.10.